The Morgan fingerprint density at radius 2 is 1.88 bits per heavy atom. The van der Waals surface area contributed by atoms with E-state index in [-0.39, 0.29) is 6.61 Å². The number of nitrogens with zero attached hydrogens (tertiary/aromatic N) is 2. The normalized spacial score (nSPS) is 10.8. The number of aliphatic hydroxyl groups excluding tert-OH is 1. The van der Waals surface area contributed by atoms with Crippen molar-refractivity contribution >= 4 is 23.2 Å². The summed E-state index contributed by atoms with van der Waals surface area (Å²) in [5.74, 6) is 0. The quantitative estimate of drug-likeness (QED) is 0.928. The predicted octanol–water partition coefficient (Wildman–Crippen LogP) is 2.77. The van der Waals surface area contributed by atoms with E-state index in [0.29, 0.717) is 23.1 Å². The summed E-state index contributed by atoms with van der Waals surface area (Å²) >= 11 is 12.0. The fraction of sp³-hybridized carbons (Fsp3) is 0.250. The lowest BCUT2D eigenvalue weighted by Gasteiger charge is -2.04. The van der Waals surface area contributed by atoms with Crippen LogP contribution < -0.4 is 0 Å². The van der Waals surface area contributed by atoms with Gasteiger partial charge in [-0.15, -0.1) is 0 Å². The summed E-state index contributed by atoms with van der Waals surface area (Å²) in [6.07, 6.45) is 2.22. The molecule has 0 aliphatic rings. The van der Waals surface area contributed by atoms with E-state index < -0.39 is 0 Å². The number of rotatable bonds is 4. The van der Waals surface area contributed by atoms with Gasteiger partial charge in [0.05, 0.1) is 12.7 Å². The van der Waals surface area contributed by atoms with Crippen molar-refractivity contribution in [3.8, 4) is 0 Å². The fourth-order valence-corrected chi connectivity index (χ4v) is 1.94. The molecule has 1 aromatic heterocycles. The maximum atomic E-state index is 8.86. The average Bonchev–Trinajstić information content (AvgIpc) is 2.65. The van der Waals surface area contributed by atoms with Gasteiger partial charge in [0, 0.05) is 23.6 Å². The Labute approximate surface area is 110 Å². The lowest BCUT2D eigenvalue weighted by molar-refractivity contribution is 0.299. The third kappa shape index (κ3) is 3.00. The molecule has 0 bridgehead atoms. The third-order valence-electron chi connectivity index (χ3n) is 2.47. The molecule has 1 aromatic carbocycles. The summed E-state index contributed by atoms with van der Waals surface area (Å²) in [6.45, 7) is 0.674. The molecule has 0 spiro atoms. The second-order valence-electron chi connectivity index (χ2n) is 3.72. The molecule has 0 saturated heterocycles. The maximum Gasteiger partial charge on any atom is 0.130 e. The third-order valence-corrected chi connectivity index (χ3v) is 3.16. The van der Waals surface area contributed by atoms with Crippen LogP contribution in [-0.4, -0.2) is 21.5 Å². The van der Waals surface area contributed by atoms with Crippen LogP contribution in [0.5, 0.6) is 0 Å². The Kier molecular flexibility index (Phi) is 4.05. The zero-order valence-electron chi connectivity index (χ0n) is 9.11. The van der Waals surface area contributed by atoms with E-state index in [1.54, 1.807) is 10.9 Å². The first-order valence-corrected chi connectivity index (χ1v) is 6.02. The number of aliphatic hydroxyl groups is 1. The summed E-state index contributed by atoms with van der Waals surface area (Å²) < 4.78 is 1.70. The monoisotopic (exact) mass is 270 g/mol. The van der Waals surface area contributed by atoms with E-state index in [2.05, 4.69) is 5.10 Å². The molecule has 17 heavy (non-hydrogen) atoms. The van der Waals surface area contributed by atoms with E-state index in [0.717, 1.165) is 11.1 Å². The van der Waals surface area contributed by atoms with Gasteiger partial charge in [-0.25, -0.2) is 4.68 Å². The Morgan fingerprint density at radius 1 is 1.18 bits per heavy atom. The zero-order valence-corrected chi connectivity index (χ0v) is 10.6. The van der Waals surface area contributed by atoms with Crippen molar-refractivity contribution in [1.29, 1.82) is 0 Å². The number of aromatic nitrogens is 2. The summed E-state index contributed by atoms with van der Waals surface area (Å²) in [7, 11) is 0. The molecule has 0 aliphatic heterocycles. The van der Waals surface area contributed by atoms with E-state index in [9.17, 15) is 0 Å². The molecular weight excluding hydrogens is 259 g/mol. The smallest absolute Gasteiger partial charge is 0.130 e. The van der Waals surface area contributed by atoms with Gasteiger partial charge >= 0.3 is 0 Å². The number of halogens is 2. The maximum absolute atomic E-state index is 8.86. The Bertz CT molecular complexity index is 494. The van der Waals surface area contributed by atoms with Crippen LogP contribution >= 0.6 is 23.2 Å². The molecular formula is C12H12Cl2N2O. The molecule has 1 heterocycles. The minimum Gasteiger partial charge on any atom is -0.396 e. The molecule has 0 aliphatic carbocycles. The first-order valence-electron chi connectivity index (χ1n) is 5.26. The Balaban J connectivity index is 2.16. The van der Waals surface area contributed by atoms with Gasteiger partial charge in [0.1, 0.15) is 5.15 Å². The van der Waals surface area contributed by atoms with Crippen LogP contribution in [0, 0.1) is 0 Å². The van der Waals surface area contributed by atoms with Crippen LogP contribution in [0.15, 0.2) is 30.5 Å². The van der Waals surface area contributed by atoms with E-state index >= 15 is 0 Å². The number of hydrogen-bond acceptors (Lipinski definition) is 2. The van der Waals surface area contributed by atoms with Gasteiger partial charge in [-0.05, 0) is 17.7 Å². The second kappa shape index (κ2) is 5.54. The van der Waals surface area contributed by atoms with Crippen LogP contribution in [0.4, 0.5) is 0 Å². The first kappa shape index (κ1) is 12.4. The Hall–Kier alpha value is -1.03. The van der Waals surface area contributed by atoms with Gasteiger partial charge in [0.2, 0.25) is 0 Å². The van der Waals surface area contributed by atoms with Crippen LogP contribution in [0.3, 0.4) is 0 Å². The molecule has 2 aromatic rings. The fourth-order valence-electron chi connectivity index (χ4n) is 1.57. The molecule has 0 atom stereocenters. The van der Waals surface area contributed by atoms with Crippen molar-refractivity contribution in [2.24, 2.45) is 0 Å². The molecule has 2 rings (SSSR count). The first-order chi connectivity index (χ1) is 8.20. The topological polar surface area (TPSA) is 38.1 Å². The molecule has 90 valence electrons. The molecule has 5 heteroatoms. The standard InChI is InChI=1S/C12H12Cl2N2O/c13-11-3-1-9(2-4-11)8-16-12(14)10(5-6-17)7-15-16/h1-4,7,17H,5-6,8H2. The second-order valence-corrected chi connectivity index (χ2v) is 4.51. The van der Waals surface area contributed by atoms with Crippen molar-refractivity contribution in [2.45, 2.75) is 13.0 Å². The van der Waals surface area contributed by atoms with Gasteiger partial charge in [-0.2, -0.15) is 5.10 Å². The van der Waals surface area contributed by atoms with Gasteiger partial charge in [0.15, 0.2) is 0 Å². The van der Waals surface area contributed by atoms with Gasteiger partial charge < -0.3 is 5.11 Å². The molecule has 0 saturated carbocycles. The lowest BCUT2D eigenvalue weighted by atomic mass is 10.2. The highest BCUT2D eigenvalue weighted by molar-refractivity contribution is 6.30. The molecule has 0 radical (unpaired) electrons. The SMILES string of the molecule is OCCc1cnn(Cc2ccc(Cl)cc2)c1Cl. The van der Waals surface area contributed by atoms with E-state index in [1.807, 2.05) is 24.3 Å². The van der Waals surface area contributed by atoms with Crippen LogP contribution in [0.1, 0.15) is 11.1 Å². The van der Waals surface area contributed by atoms with Gasteiger partial charge in [-0.1, -0.05) is 35.3 Å². The van der Waals surface area contributed by atoms with Crippen molar-refractivity contribution in [1.82, 2.24) is 9.78 Å². The van der Waals surface area contributed by atoms with Crippen LogP contribution in [-0.2, 0) is 13.0 Å². The van der Waals surface area contributed by atoms with Gasteiger partial charge in [0.25, 0.3) is 0 Å². The predicted molar refractivity (Wildman–Crippen MR) is 68.6 cm³/mol. The minimum atomic E-state index is 0.0758. The molecule has 3 nitrogen and oxygen atoms in total. The molecule has 0 amide bonds. The number of hydrogen-bond donors (Lipinski definition) is 1. The van der Waals surface area contributed by atoms with E-state index in [1.165, 1.54) is 0 Å². The highest BCUT2D eigenvalue weighted by atomic mass is 35.5. The van der Waals surface area contributed by atoms with Crippen LogP contribution in [0.25, 0.3) is 0 Å². The minimum absolute atomic E-state index is 0.0758. The summed E-state index contributed by atoms with van der Waals surface area (Å²) in [6, 6.07) is 7.55. The number of benzene rings is 1. The molecule has 1 N–H and O–H groups in total. The van der Waals surface area contributed by atoms with Crippen molar-refractivity contribution in [3.63, 3.8) is 0 Å². The van der Waals surface area contributed by atoms with Crippen LogP contribution in [0.2, 0.25) is 10.2 Å². The van der Waals surface area contributed by atoms with E-state index in [4.69, 9.17) is 28.3 Å². The highest BCUT2D eigenvalue weighted by Gasteiger charge is 2.08. The Morgan fingerprint density at radius 3 is 2.53 bits per heavy atom. The largest absolute Gasteiger partial charge is 0.396 e. The average molecular weight is 271 g/mol. The molecule has 0 unspecified atom stereocenters. The summed E-state index contributed by atoms with van der Waals surface area (Å²) in [4.78, 5) is 0. The van der Waals surface area contributed by atoms with Crippen molar-refractivity contribution in [3.05, 3.63) is 51.8 Å². The zero-order chi connectivity index (χ0) is 12.3. The van der Waals surface area contributed by atoms with Crippen molar-refractivity contribution in [2.75, 3.05) is 6.61 Å². The van der Waals surface area contributed by atoms with Crippen molar-refractivity contribution < 1.29 is 5.11 Å². The van der Waals surface area contributed by atoms with Gasteiger partial charge in [-0.3, -0.25) is 0 Å². The molecule has 0 fully saturated rings. The summed E-state index contributed by atoms with van der Waals surface area (Å²) in [5, 5.41) is 14.3. The lowest BCUT2D eigenvalue weighted by Crippen LogP contribution is -2.02. The summed E-state index contributed by atoms with van der Waals surface area (Å²) in [5.41, 5.74) is 1.94. The highest BCUT2D eigenvalue weighted by Crippen LogP contribution is 2.18.